The molecular formula is C92H100N8O12. The summed E-state index contributed by atoms with van der Waals surface area (Å²) < 4.78 is 12.2. The van der Waals surface area contributed by atoms with Crippen molar-refractivity contribution in [1.82, 2.24) is 40.9 Å². The van der Waals surface area contributed by atoms with Crippen molar-refractivity contribution in [1.29, 1.82) is 0 Å². The van der Waals surface area contributed by atoms with Gasteiger partial charge in [0.25, 0.3) is 0 Å². The normalized spacial score (nSPS) is 25.4. The highest BCUT2D eigenvalue weighted by Gasteiger charge is 2.43. The summed E-state index contributed by atoms with van der Waals surface area (Å²) in [5, 5.41) is 24.9. The highest BCUT2D eigenvalue weighted by Crippen LogP contribution is 2.40. The molecule has 580 valence electrons. The van der Waals surface area contributed by atoms with Crippen LogP contribution < -0.4 is 21.3 Å². The lowest BCUT2D eigenvalue weighted by molar-refractivity contribution is -0.149. The van der Waals surface area contributed by atoms with Gasteiger partial charge in [-0.15, -0.1) is 0 Å². The Morgan fingerprint density at radius 2 is 0.598 bits per heavy atom. The first-order valence-corrected chi connectivity index (χ1v) is 40.3. The fraction of sp³-hybridized carbons (Fsp3) is 0.413. The molecule has 10 aromatic rings. The number of nitrogens with zero attached hydrogens (tertiary/aromatic N) is 4. The number of amides is 8. The van der Waals surface area contributed by atoms with Crippen molar-refractivity contribution in [2.24, 2.45) is 23.7 Å². The summed E-state index contributed by atoms with van der Waals surface area (Å²) in [5.74, 6) is -7.07. The average Bonchev–Trinajstić information content (AvgIpc) is 0.751. The first-order valence-electron chi connectivity index (χ1n) is 40.3. The van der Waals surface area contributed by atoms with Crippen LogP contribution in [0.25, 0.3) is 64.6 Å². The van der Waals surface area contributed by atoms with E-state index in [0.717, 1.165) is 86.9 Å². The summed E-state index contributed by atoms with van der Waals surface area (Å²) in [6.07, 6.45) is 7.38. The number of benzene rings is 10. The smallest absolute Gasteiger partial charge is 0.310 e. The van der Waals surface area contributed by atoms with Crippen LogP contribution in [0.1, 0.15) is 125 Å². The molecule has 8 amide bonds. The summed E-state index contributed by atoms with van der Waals surface area (Å²) in [4.78, 5) is 156. The minimum atomic E-state index is -1.34. The Kier molecular flexibility index (Phi) is 22.8. The number of esters is 2. The van der Waals surface area contributed by atoms with Gasteiger partial charge in [-0.05, 0) is 164 Å². The van der Waals surface area contributed by atoms with Gasteiger partial charge in [0.05, 0.1) is 12.8 Å². The molecule has 10 aromatic carbocycles. The molecule has 20 heteroatoms. The van der Waals surface area contributed by atoms with E-state index < -0.39 is 121 Å². The minimum absolute atomic E-state index is 0.106. The van der Waals surface area contributed by atoms with Crippen molar-refractivity contribution in [3.63, 3.8) is 0 Å². The van der Waals surface area contributed by atoms with E-state index >= 15 is 28.8 Å². The molecule has 0 spiro atoms. The quantitative estimate of drug-likeness (QED) is 0.0658. The summed E-state index contributed by atoms with van der Waals surface area (Å²) in [5.41, 5.74) is 3.13. The Morgan fingerprint density at radius 1 is 0.321 bits per heavy atom. The fourth-order valence-electron chi connectivity index (χ4n) is 19.0. The number of nitrogens with one attached hydrogen (secondary N) is 4. The van der Waals surface area contributed by atoms with E-state index in [-0.39, 0.29) is 75.0 Å². The maximum absolute atomic E-state index is 15.3. The number of fused-ring (bicyclic) bond motifs is 8. The van der Waals surface area contributed by atoms with Gasteiger partial charge < -0.3 is 50.3 Å². The molecule has 1 saturated heterocycles. The lowest BCUT2D eigenvalue weighted by Crippen LogP contribution is -2.57. The van der Waals surface area contributed by atoms with Gasteiger partial charge in [0.1, 0.15) is 37.4 Å². The van der Waals surface area contributed by atoms with Crippen molar-refractivity contribution < 1.29 is 57.4 Å². The van der Waals surface area contributed by atoms with E-state index in [9.17, 15) is 19.2 Å². The molecule has 5 fully saturated rings. The van der Waals surface area contributed by atoms with E-state index in [4.69, 9.17) is 9.47 Å². The van der Waals surface area contributed by atoms with Gasteiger partial charge in [-0.25, -0.2) is 0 Å². The molecule has 8 bridgehead atoms. The Bertz CT molecular complexity index is 4840. The van der Waals surface area contributed by atoms with Crippen molar-refractivity contribution >= 4 is 124 Å². The van der Waals surface area contributed by atoms with Gasteiger partial charge in [0.2, 0.25) is 47.3 Å². The van der Waals surface area contributed by atoms with Gasteiger partial charge in [-0.2, -0.15) is 0 Å². The molecule has 0 aromatic heterocycles. The summed E-state index contributed by atoms with van der Waals surface area (Å²) >= 11 is 0. The van der Waals surface area contributed by atoms with Gasteiger partial charge in [0, 0.05) is 88.9 Å². The van der Waals surface area contributed by atoms with Gasteiger partial charge in [0.15, 0.2) is 0 Å². The van der Waals surface area contributed by atoms with Crippen LogP contribution in [0.4, 0.5) is 0 Å². The standard InChI is InChI=1S/C92H100N8O12/c1-97-69-29-15-27-67(49-69)87(105)95-77(53-111-79(101)51-63-39-37-61-35-33-57-21-11-23-59-41-43-73(63)83(61)81(57)59)91(109)100(4)72-32-14-26-66(48-72)86(104)94-76(46-56-19-9-6-10-20-56)90(108)98(2)70-30-16-28-68(50-70)88(106)96-78(54-112-80(102)52-64-40-38-62-36-34-58-22-12-24-60-42-44-74(64)84(62)82(58)60)92(110)99(3)71-31-13-25-65(47-71)85(103)93-75(89(97)107)45-55-17-7-5-8-18-55/h5-12,17-24,33-44,65-72,75-78H,13-16,25-32,45-54H2,1-4H3,(H,93,103)(H,94,104)(H,95,105)(H,96,106)/t65-,66-,67-,68-,69+,70+,71+,72+,75+,76+,77-,78-/m1/s1. The fourth-order valence-corrected chi connectivity index (χ4v) is 19.0. The van der Waals surface area contributed by atoms with Crippen LogP contribution >= 0.6 is 0 Å². The van der Waals surface area contributed by atoms with Crippen molar-refractivity contribution in [3.05, 3.63) is 192 Å². The summed E-state index contributed by atoms with van der Waals surface area (Å²) in [7, 11) is 6.70. The molecule has 0 radical (unpaired) electrons. The zero-order valence-corrected chi connectivity index (χ0v) is 64.3. The molecule has 1 aliphatic heterocycles. The van der Waals surface area contributed by atoms with E-state index in [0.29, 0.717) is 77.0 Å². The molecule has 4 N–H and O–H groups in total. The average molecular weight is 1510 g/mol. The lowest BCUT2D eigenvalue weighted by atomic mass is 9.83. The predicted molar refractivity (Wildman–Crippen MR) is 432 cm³/mol. The third-order valence-electron chi connectivity index (χ3n) is 25.4. The molecule has 12 atom stereocenters. The van der Waals surface area contributed by atoms with Crippen LogP contribution in [-0.4, -0.2) is 169 Å². The van der Waals surface area contributed by atoms with E-state index in [1.54, 1.807) is 47.8 Å². The molecule has 5 aliphatic rings. The zero-order valence-electron chi connectivity index (χ0n) is 64.3. The molecular weight excluding hydrogens is 1410 g/mol. The van der Waals surface area contributed by atoms with Gasteiger partial charge in [-0.3, -0.25) is 47.9 Å². The maximum atomic E-state index is 15.3. The summed E-state index contributed by atoms with van der Waals surface area (Å²) in [6.45, 7) is -0.959. The second kappa shape index (κ2) is 33.5. The summed E-state index contributed by atoms with van der Waals surface area (Å²) in [6, 6.07) is 48.9. The Labute approximate surface area is 652 Å². The van der Waals surface area contributed by atoms with E-state index in [1.165, 1.54) is 0 Å². The number of carbonyl (C=O) groups is 10. The highest BCUT2D eigenvalue weighted by atomic mass is 16.5. The third-order valence-corrected chi connectivity index (χ3v) is 25.4. The van der Waals surface area contributed by atoms with Crippen molar-refractivity contribution in [2.75, 3.05) is 41.4 Å². The topological polar surface area (TPSA) is 250 Å². The minimum Gasteiger partial charge on any atom is -0.463 e. The number of ether oxygens (including phenoxy) is 2. The Morgan fingerprint density at radius 3 is 0.920 bits per heavy atom. The Hall–Kier alpha value is -11.0. The third kappa shape index (κ3) is 16.4. The SMILES string of the molecule is CN1C(=O)[C@H](Cc2ccccc2)NC(=O)[C@@H]2CCC[C@@H](C2)N(C)C(=O)[C@@H](COC(=O)Cc2ccc3ccc4cccc5ccc2c3c45)NC(=O)[C@@H]2CCC[C@@H](C2)N(C)C(=O)[C@H](Cc2ccccc2)NC(=O)[C@@H]2CCC[C@@H](C2)N(C)C(=O)[C@@H](COC(=O)Cc2ccc3ccc4cccc5ccc2c3c45)NC(=O)[C@@H]2CCC[C@H]1C2. The van der Waals surface area contributed by atoms with Crippen LogP contribution in [0.5, 0.6) is 0 Å². The highest BCUT2D eigenvalue weighted by molar-refractivity contribution is 6.25. The van der Waals surface area contributed by atoms with E-state index in [2.05, 4.69) is 81.9 Å². The molecule has 4 aliphatic carbocycles. The largest absolute Gasteiger partial charge is 0.463 e. The number of hydrogen-bond acceptors (Lipinski definition) is 12. The molecule has 20 nitrogen and oxygen atoms in total. The zero-order chi connectivity index (χ0) is 77.8. The number of carbonyl (C=O) groups excluding carboxylic acids is 10. The second-order valence-electron chi connectivity index (χ2n) is 32.4. The maximum Gasteiger partial charge on any atom is 0.310 e. The van der Waals surface area contributed by atoms with Crippen molar-refractivity contribution in [3.8, 4) is 0 Å². The van der Waals surface area contributed by atoms with Gasteiger partial charge in [-0.1, -0.05) is 196 Å². The van der Waals surface area contributed by atoms with Crippen LogP contribution in [-0.2, 0) is 83.1 Å². The number of rotatable bonds is 12. The first kappa shape index (κ1) is 76.4. The molecule has 4 saturated carbocycles. The monoisotopic (exact) mass is 1510 g/mol. The van der Waals surface area contributed by atoms with Crippen LogP contribution in [0.3, 0.4) is 0 Å². The predicted octanol–water partition coefficient (Wildman–Crippen LogP) is 11.9. The van der Waals surface area contributed by atoms with Crippen molar-refractivity contribution in [2.45, 2.75) is 177 Å². The van der Waals surface area contributed by atoms with E-state index in [1.807, 2.05) is 109 Å². The Balaban J connectivity index is 0.706. The second-order valence-corrected chi connectivity index (χ2v) is 32.4. The van der Waals surface area contributed by atoms with Crippen LogP contribution in [0.2, 0.25) is 0 Å². The molecule has 1 heterocycles. The van der Waals surface area contributed by atoms with Crippen LogP contribution in [0, 0.1) is 23.7 Å². The number of likely N-dealkylation sites (N-methyl/N-ethyl adjacent to an activating group) is 4. The first-order chi connectivity index (χ1) is 54.3. The lowest BCUT2D eigenvalue weighted by Gasteiger charge is -2.39. The molecule has 112 heavy (non-hydrogen) atoms. The van der Waals surface area contributed by atoms with Gasteiger partial charge >= 0.3 is 11.9 Å². The molecule has 15 rings (SSSR count). The molecule has 0 unspecified atom stereocenters. The number of hydrogen-bond donors (Lipinski definition) is 4. The van der Waals surface area contributed by atoms with Crippen LogP contribution in [0.15, 0.2) is 170 Å².